The van der Waals surface area contributed by atoms with Crippen LogP contribution in [0.1, 0.15) is 36.5 Å². The Kier molecular flexibility index (Phi) is 6.46. The van der Waals surface area contributed by atoms with Crippen LogP contribution < -0.4 is 4.74 Å². The monoisotopic (exact) mass is 339 g/mol. The minimum atomic E-state index is -0.491. The summed E-state index contributed by atoms with van der Waals surface area (Å²) in [5, 5.41) is 10.6. The fourth-order valence-electron chi connectivity index (χ4n) is 2.49. The summed E-state index contributed by atoms with van der Waals surface area (Å²) in [5.41, 5.74) is 3.38. The summed E-state index contributed by atoms with van der Waals surface area (Å²) < 4.78 is 5.24. The van der Waals surface area contributed by atoms with E-state index in [1.54, 1.807) is 0 Å². The lowest BCUT2D eigenvalue weighted by Crippen LogP contribution is -2.09. The molecule has 0 saturated carbocycles. The first-order valence-corrected chi connectivity index (χ1v) is 8.21. The lowest BCUT2D eigenvalue weighted by molar-refractivity contribution is -0.384. The average Bonchev–Trinajstić information content (AvgIpc) is 2.59. The molecule has 0 aliphatic carbocycles. The second-order valence-electron chi connectivity index (χ2n) is 5.68. The molecular formula is C20H21NO4. The van der Waals surface area contributed by atoms with Crippen molar-refractivity contribution >= 4 is 17.7 Å². The number of carbonyl (C=O) groups excluding carboxylic acids is 1. The van der Waals surface area contributed by atoms with Crippen LogP contribution in [0.2, 0.25) is 0 Å². The van der Waals surface area contributed by atoms with E-state index in [-0.39, 0.29) is 18.1 Å². The van der Waals surface area contributed by atoms with Crippen LogP contribution >= 0.6 is 0 Å². The normalized spacial score (nSPS) is 10.8. The number of hydrogen-bond acceptors (Lipinski definition) is 4. The topological polar surface area (TPSA) is 69.4 Å². The second kappa shape index (κ2) is 8.78. The molecule has 0 fully saturated rings. The molecule has 0 aliphatic heterocycles. The van der Waals surface area contributed by atoms with Gasteiger partial charge in [0.1, 0.15) is 5.75 Å². The highest BCUT2D eigenvalue weighted by Crippen LogP contribution is 2.20. The summed E-state index contributed by atoms with van der Waals surface area (Å²) in [4.78, 5) is 22.2. The van der Waals surface area contributed by atoms with Gasteiger partial charge in [-0.2, -0.15) is 0 Å². The van der Waals surface area contributed by atoms with Crippen LogP contribution in [0, 0.1) is 17.0 Å². The third kappa shape index (κ3) is 5.28. The number of rotatable bonds is 7. The maximum absolute atomic E-state index is 12.0. The molecule has 0 N–H and O–H groups in total. The van der Waals surface area contributed by atoms with Crippen molar-refractivity contribution in [1.82, 2.24) is 0 Å². The molecular weight excluding hydrogens is 318 g/mol. The van der Waals surface area contributed by atoms with E-state index >= 15 is 0 Å². The van der Waals surface area contributed by atoms with Gasteiger partial charge in [0, 0.05) is 12.1 Å². The van der Waals surface area contributed by atoms with Gasteiger partial charge in [0.25, 0.3) is 5.69 Å². The fourth-order valence-corrected chi connectivity index (χ4v) is 2.49. The van der Waals surface area contributed by atoms with Crippen molar-refractivity contribution < 1.29 is 14.5 Å². The standard InChI is InChI=1S/C20H21NO4/c1-3-4-8-19-15(2)6-5-7-16(19)9-14-20(22)25-18-12-10-17(11-13-18)21(23)24/h4-8,10-13H,3,9,14H2,1-2H3/b8-4-. The van der Waals surface area contributed by atoms with Crippen molar-refractivity contribution in [1.29, 1.82) is 0 Å². The van der Waals surface area contributed by atoms with E-state index in [1.807, 2.05) is 25.1 Å². The highest BCUT2D eigenvalue weighted by molar-refractivity contribution is 5.73. The van der Waals surface area contributed by atoms with Crippen molar-refractivity contribution in [3.63, 3.8) is 0 Å². The van der Waals surface area contributed by atoms with Crippen LogP contribution in [-0.2, 0) is 11.2 Å². The van der Waals surface area contributed by atoms with Gasteiger partial charge < -0.3 is 4.74 Å². The van der Waals surface area contributed by atoms with Gasteiger partial charge in [0.15, 0.2) is 0 Å². The van der Waals surface area contributed by atoms with Crippen LogP contribution in [-0.4, -0.2) is 10.9 Å². The van der Waals surface area contributed by atoms with Crippen LogP contribution in [0.15, 0.2) is 48.5 Å². The van der Waals surface area contributed by atoms with Gasteiger partial charge >= 0.3 is 5.97 Å². The van der Waals surface area contributed by atoms with E-state index in [2.05, 4.69) is 19.1 Å². The number of esters is 1. The summed E-state index contributed by atoms with van der Waals surface area (Å²) in [6.45, 7) is 4.13. The molecule has 0 saturated heterocycles. The summed E-state index contributed by atoms with van der Waals surface area (Å²) >= 11 is 0. The van der Waals surface area contributed by atoms with E-state index < -0.39 is 4.92 Å². The predicted molar refractivity (Wildman–Crippen MR) is 97.6 cm³/mol. The Hall–Kier alpha value is -2.95. The summed E-state index contributed by atoms with van der Waals surface area (Å²) in [6, 6.07) is 11.5. The number of nitro groups is 1. The Labute approximate surface area is 147 Å². The number of allylic oxidation sites excluding steroid dienone is 1. The molecule has 0 heterocycles. The van der Waals surface area contributed by atoms with Gasteiger partial charge in [-0.1, -0.05) is 37.3 Å². The zero-order valence-corrected chi connectivity index (χ0v) is 14.4. The fraction of sp³-hybridized carbons (Fsp3) is 0.250. The molecule has 0 aromatic heterocycles. The number of nitrogens with zero attached hydrogens (tertiary/aromatic N) is 1. The molecule has 0 radical (unpaired) electrons. The second-order valence-corrected chi connectivity index (χ2v) is 5.68. The zero-order valence-electron chi connectivity index (χ0n) is 14.4. The number of benzene rings is 2. The van der Waals surface area contributed by atoms with Crippen LogP contribution in [0.5, 0.6) is 5.75 Å². The molecule has 5 heteroatoms. The van der Waals surface area contributed by atoms with Gasteiger partial charge in [0.2, 0.25) is 0 Å². The highest BCUT2D eigenvalue weighted by Gasteiger charge is 2.10. The minimum Gasteiger partial charge on any atom is -0.427 e. The molecule has 0 unspecified atom stereocenters. The molecule has 2 rings (SSSR count). The lowest BCUT2D eigenvalue weighted by Gasteiger charge is -2.09. The summed E-state index contributed by atoms with van der Waals surface area (Å²) in [6.07, 6.45) is 5.97. The van der Waals surface area contributed by atoms with Crippen molar-refractivity contribution in [2.45, 2.75) is 33.1 Å². The third-order valence-corrected chi connectivity index (χ3v) is 3.81. The summed E-state index contributed by atoms with van der Waals surface area (Å²) in [5.74, 6) is -0.0493. The van der Waals surface area contributed by atoms with Crippen LogP contribution in [0.4, 0.5) is 5.69 Å². The molecule has 0 spiro atoms. The molecule has 0 bridgehead atoms. The molecule has 0 aliphatic rings. The Morgan fingerprint density at radius 3 is 2.56 bits per heavy atom. The number of nitro benzene ring substituents is 1. The quantitative estimate of drug-likeness (QED) is 0.312. The van der Waals surface area contributed by atoms with Crippen molar-refractivity contribution in [2.24, 2.45) is 0 Å². The molecule has 5 nitrogen and oxygen atoms in total. The van der Waals surface area contributed by atoms with E-state index in [9.17, 15) is 14.9 Å². The number of aryl methyl sites for hydroxylation is 2. The Morgan fingerprint density at radius 1 is 1.20 bits per heavy atom. The third-order valence-electron chi connectivity index (χ3n) is 3.81. The average molecular weight is 339 g/mol. The Balaban J connectivity index is 1.99. The lowest BCUT2D eigenvalue weighted by atomic mass is 9.98. The molecule has 2 aromatic carbocycles. The van der Waals surface area contributed by atoms with Crippen molar-refractivity contribution in [2.75, 3.05) is 0 Å². The molecule has 25 heavy (non-hydrogen) atoms. The highest BCUT2D eigenvalue weighted by atomic mass is 16.6. The minimum absolute atomic E-state index is 0.0353. The SMILES string of the molecule is CC/C=C\c1c(C)cccc1CCC(=O)Oc1ccc([N+](=O)[O-])cc1. The first-order valence-electron chi connectivity index (χ1n) is 8.21. The van der Waals surface area contributed by atoms with Crippen LogP contribution in [0.25, 0.3) is 6.08 Å². The molecule has 0 amide bonds. The Bertz CT molecular complexity index is 779. The largest absolute Gasteiger partial charge is 0.427 e. The maximum Gasteiger partial charge on any atom is 0.311 e. The predicted octanol–water partition coefficient (Wildman–Crippen LogP) is 4.86. The smallest absolute Gasteiger partial charge is 0.311 e. The van der Waals surface area contributed by atoms with Crippen molar-refractivity contribution in [3.05, 3.63) is 75.3 Å². The molecule has 0 atom stereocenters. The number of non-ortho nitro benzene ring substituents is 1. The van der Waals surface area contributed by atoms with Gasteiger partial charge in [-0.05, 0) is 48.6 Å². The van der Waals surface area contributed by atoms with E-state index in [0.29, 0.717) is 12.2 Å². The summed E-state index contributed by atoms with van der Waals surface area (Å²) in [7, 11) is 0. The van der Waals surface area contributed by atoms with Gasteiger partial charge in [-0.15, -0.1) is 0 Å². The first-order chi connectivity index (χ1) is 12.0. The maximum atomic E-state index is 12.0. The number of hydrogen-bond donors (Lipinski definition) is 0. The van der Waals surface area contributed by atoms with Gasteiger partial charge in [-0.25, -0.2) is 0 Å². The number of carbonyl (C=O) groups is 1. The molecule has 2 aromatic rings. The van der Waals surface area contributed by atoms with Crippen molar-refractivity contribution in [3.8, 4) is 5.75 Å². The van der Waals surface area contributed by atoms with E-state index in [0.717, 1.165) is 17.5 Å². The van der Waals surface area contributed by atoms with E-state index in [1.165, 1.54) is 29.8 Å². The Morgan fingerprint density at radius 2 is 1.92 bits per heavy atom. The van der Waals surface area contributed by atoms with Gasteiger partial charge in [0.05, 0.1) is 11.3 Å². The van der Waals surface area contributed by atoms with Crippen LogP contribution in [0.3, 0.4) is 0 Å². The first kappa shape index (κ1) is 18.4. The zero-order chi connectivity index (χ0) is 18.2. The van der Waals surface area contributed by atoms with E-state index in [4.69, 9.17) is 4.74 Å². The van der Waals surface area contributed by atoms with Gasteiger partial charge in [-0.3, -0.25) is 14.9 Å². The number of ether oxygens (including phenoxy) is 1. The molecule has 130 valence electrons.